The molecule has 1 aromatic rings. The first-order chi connectivity index (χ1) is 8.90. The summed E-state index contributed by atoms with van der Waals surface area (Å²) in [6, 6.07) is 6.73. The lowest BCUT2D eigenvalue weighted by molar-refractivity contribution is -0.141. The zero-order valence-corrected chi connectivity index (χ0v) is 12.2. The SMILES string of the molecule is Cc1ccc(C2CN(C(C)C)CC2C(=O)O)c(C)c1. The van der Waals surface area contributed by atoms with E-state index < -0.39 is 5.97 Å². The first-order valence-electron chi connectivity index (χ1n) is 6.94. The van der Waals surface area contributed by atoms with Gasteiger partial charge in [-0.15, -0.1) is 0 Å². The molecule has 3 heteroatoms. The Labute approximate surface area is 115 Å². The van der Waals surface area contributed by atoms with Gasteiger partial charge in [0.15, 0.2) is 0 Å². The van der Waals surface area contributed by atoms with Crippen LogP contribution >= 0.6 is 0 Å². The van der Waals surface area contributed by atoms with Crippen molar-refractivity contribution in [2.24, 2.45) is 5.92 Å². The van der Waals surface area contributed by atoms with E-state index >= 15 is 0 Å². The number of benzene rings is 1. The highest BCUT2D eigenvalue weighted by atomic mass is 16.4. The molecule has 1 saturated heterocycles. The number of hydrogen-bond donors (Lipinski definition) is 1. The second-order valence-corrected chi connectivity index (χ2v) is 5.96. The van der Waals surface area contributed by atoms with Crippen LogP contribution in [0.4, 0.5) is 0 Å². The quantitative estimate of drug-likeness (QED) is 0.909. The first-order valence-corrected chi connectivity index (χ1v) is 6.94. The summed E-state index contributed by atoms with van der Waals surface area (Å²) in [5, 5.41) is 9.46. The summed E-state index contributed by atoms with van der Waals surface area (Å²) >= 11 is 0. The van der Waals surface area contributed by atoms with Gasteiger partial charge in [0, 0.05) is 25.0 Å². The van der Waals surface area contributed by atoms with Crippen LogP contribution in [0.2, 0.25) is 0 Å². The van der Waals surface area contributed by atoms with Crippen LogP contribution in [-0.2, 0) is 4.79 Å². The molecule has 1 aliphatic rings. The molecule has 104 valence electrons. The summed E-state index contributed by atoms with van der Waals surface area (Å²) in [6.45, 7) is 9.91. The van der Waals surface area contributed by atoms with Gasteiger partial charge in [-0.25, -0.2) is 0 Å². The highest BCUT2D eigenvalue weighted by molar-refractivity contribution is 5.72. The zero-order valence-electron chi connectivity index (χ0n) is 12.2. The Morgan fingerprint density at radius 1 is 1.32 bits per heavy atom. The molecule has 1 heterocycles. The predicted molar refractivity (Wildman–Crippen MR) is 76.5 cm³/mol. The van der Waals surface area contributed by atoms with Gasteiger partial charge in [0.25, 0.3) is 0 Å². The molecule has 2 rings (SSSR count). The minimum Gasteiger partial charge on any atom is -0.481 e. The van der Waals surface area contributed by atoms with Gasteiger partial charge in [-0.3, -0.25) is 9.69 Å². The highest BCUT2D eigenvalue weighted by Gasteiger charge is 2.39. The Bertz CT molecular complexity index is 482. The topological polar surface area (TPSA) is 40.5 Å². The second-order valence-electron chi connectivity index (χ2n) is 5.96. The Kier molecular flexibility index (Phi) is 3.95. The minimum absolute atomic E-state index is 0.112. The predicted octanol–water partition coefficient (Wildman–Crippen LogP) is 2.81. The van der Waals surface area contributed by atoms with Crippen LogP contribution in [0.25, 0.3) is 0 Å². The van der Waals surface area contributed by atoms with Crippen molar-refractivity contribution in [3.63, 3.8) is 0 Å². The molecule has 0 bridgehead atoms. The fourth-order valence-corrected chi connectivity index (χ4v) is 3.06. The van der Waals surface area contributed by atoms with Gasteiger partial charge < -0.3 is 5.11 Å². The monoisotopic (exact) mass is 261 g/mol. The van der Waals surface area contributed by atoms with Gasteiger partial charge in [0.2, 0.25) is 0 Å². The van der Waals surface area contributed by atoms with Gasteiger partial charge in [-0.2, -0.15) is 0 Å². The number of carboxylic acid groups (broad SMARTS) is 1. The third-order valence-electron chi connectivity index (χ3n) is 4.22. The summed E-state index contributed by atoms with van der Waals surface area (Å²) in [4.78, 5) is 13.8. The second kappa shape index (κ2) is 5.33. The average Bonchev–Trinajstić information content (AvgIpc) is 2.73. The van der Waals surface area contributed by atoms with Crippen molar-refractivity contribution >= 4 is 5.97 Å². The fourth-order valence-electron chi connectivity index (χ4n) is 3.06. The van der Waals surface area contributed by atoms with Crippen molar-refractivity contribution in [1.82, 2.24) is 4.90 Å². The van der Waals surface area contributed by atoms with Crippen LogP contribution in [0.15, 0.2) is 18.2 Å². The third-order valence-corrected chi connectivity index (χ3v) is 4.22. The van der Waals surface area contributed by atoms with E-state index in [2.05, 4.69) is 50.8 Å². The number of hydrogen-bond acceptors (Lipinski definition) is 2. The molecule has 1 aliphatic heterocycles. The number of nitrogens with zero attached hydrogens (tertiary/aromatic N) is 1. The lowest BCUT2D eigenvalue weighted by atomic mass is 9.86. The molecule has 1 aromatic carbocycles. The van der Waals surface area contributed by atoms with Crippen molar-refractivity contribution < 1.29 is 9.90 Å². The van der Waals surface area contributed by atoms with Crippen molar-refractivity contribution in [2.75, 3.05) is 13.1 Å². The molecule has 0 spiro atoms. The summed E-state index contributed by atoms with van der Waals surface area (Å²) in [5.74, 6) is -0.850. The number of carbonyl (C=O) groups is 1. The lowest BCUT2D eigenvalue weighted by Gasteiger charge is -2.20. The third kappa shape index (κ3) is 2.81. The van der Waals surface area contributed by atoms with Crippen molar-refractivity contribution in [3.8, 4) is 0 Å². The number of aryl methyl sites for hydroxylation is 2. The van der Waals surface area contributed by atoms with Gasteiger partial charge in [0.05, 0.1) is 5.92 Å². The molecule has 2 atom stereocenters. The fraction of sp³-hybridized carbons (Fsp3) is 0.562. The van der Waals surface area contributed by atoms with Crippen LogP contribution in [0, 0.1) is 19.8 Å². The normalized spacial score (nSPS) is 24.1. The van der Waals surface area contributed by atoms with E-state index in [4.69, 9.17) is 0 Å². The molecular formula is C16H23NO2. The van der Waals surface area contributed by atoms with Gasteiger partial charge in [-0.05, 0) is 38.8 Å². The Morgan fingerprint density at radius 3 is 2.53 bits per heavy atom. The van der Waals surface area contributed by atoms with Crippen LogP contribution < -0.4 is 0 Å². The molecule has 1 N–H and O–H groups in total. The maximum absolute atomic E-state index is 11.5. The van der Waals surface area contributed by atoms with E-state index in [-0.39, 0.29) is 11.8 Å². The van der Waals surface area contributed by atoms with Gasteiger partial charge in [0.1, 0.15) is 0 Å². The molecular weight excluding hydrogens is 238 g/mol. The van der Waals surface area contributed by atoms with E-state index in [0.717, 1.165) is 6.54 Å². The largest absolute Gasteiger partial charge is 0.481 e. The van der Waals surface area contributed by atoms with Crippen LogP contribution in [0.3, 0.4) is 0 Å². The minimum atomic E-state index is -0.673. The first kappa shape index (κ1) is 14.1. The zero-order chi connectivity index (χ0) is 14.2. The maximum atomic E-state index is 11.5. The Balaban J connectivity index is 2.33. The van der Waals surface area contributed by atoms with Crippen molar-refractivity contribution in [1.29, 1.82) is 0 Å². The molecule has 19 heavy (non-hydrogen) atoms. The lowest BCUT2D eigenvalue weighted by Crippen LogP contribution is -2.29. The molecule has 0 saturated carbocycles. The summed E-state index contributed by atoms with van der Waals surface area (Å²) in [6.07, 6.45) is 0. The van der Waals surface area contributed by atoms with E-state index in [1.54, 1.807) is 0 Å². The Morgan fingerprint density at radius 2 is 2.00 bits per heavy atom. The Hall–Kier alpha value is -1.35. The highest BCUT2D eigenvalue weighted by Crippen LogP contribution is 2.35. The van der Waals surface area contributed by atoms with Crippen molar-refractivity contribution in [3.05, 3.63) is 34.9 Å². The van der Waals surface area contributed by atoms with Crippen LogP contribution in [0.5, 0.6) is 0 Å². The molecule has 0 aromatic heterocycles. The molecule has 1 fully saturated rings. The number of rotatable bonds is 3. The number of aliphatic carboxylic acids is 1. The van der Waals surface area contributed by atoms with Crippen molar-refractivity contribution in [2.45, 2.75) is 39.7 Å². The standard InChI is InChI=1S/C16H23NO2/c1-10(2)17-8-14(15(9-17)16(18)19)13-6-5-11(3)7-12(13)4/h5-7,10,14-15H,8-9H2,1-4H3,(H,18,19). The molecule has 0 radical (unpaired) electrons. The summed E-state index contributed by atoms with van der Waals surface area (Å²) in [7, 11) is 0. The summed E-state index contributed by atoms with van der Waals surface area (Å²) in [5.41, 5.74) is 3.63. The van der Waals surface area contributed by atoms with Crippen LogP contribution in [0.1, 0.15) is 36.5 Å². The molecule has 0 amide bonds. The van der Waals surface area contributed by atoms with Gasteiger partial charge in [-0.1, -0.05) is 23.8 Å². The molecule has 3 nitrogen and oxygen atoms in total. The van der Waals surface area contributed by atoms with E-state index in [1.165, 1.54) is 16.7 Å². The number of carboxylic acids is 1. The van der Waals surface area contributed by atoms with E-state index in [1.807, 2.05) is 0 Å². The molecule has 2 unspecified atom stereocenters. The average molecular weight is 261 g/mol. The van der Waals surface area contributed by atoms with E-state index in [9.17, 15) is 9.90 Å². The number of likely N-dealkylation sites (tertiary alicyclic amines) is 1. The van der Waals surface area contributed by atoms with Gasteiger partial charge >= 0.3 is 5.97 Å². The smallest absolute Gasteiger partial charge is 0.308 e. The van der Waals surface area contributed by atoms with Crippen LogP contribution in [-0.4, -0.2) is 35.1 Å². The van der Waals surface area contributed by atoms with E-state index in [0.29, 0.717) is 12.6 Å². The molecule has 0 aliphatic carbocycles. The maximum Gasteiger partial charge on any atom is 0.308 e. The summed E-state index contributed by atoms with van der Waals surface area (Å²) < 4.78 is 0.